The summed E-state index contributed by atoms with van der Waals surface area (Å²) in [5, 5.41) is 11.5. The molecule has 2 N–H and O–H groups in total. The third-order valence-corrected chi connectivity index (χ3v) is 7.95. The van der Waals surface area contributed by atoms with E-state index in [1.165, 1.54) is 66.5 Å². The fourth-order valence-corrected chi connectivity index (χ4v) is 7.13. The van der Waals surface area contributed by atoms with Crippen molar-refractivity contribution < 1.29 is 14.7 Å². The number of carbonyl (C=O) groups is 2. The second-order valence-corrected chi connectivity index (χ2v) is 10.3. The highest BCUT2D eigenvalue weighted by Crippen LogP contribution is 2.61. The Bertz CT molecular complexity index is 420. The van der Waals surface area contributed by atoms with Gasteiger partial charge in [-0.15, -0.1) is 0 Å². The van der Waals surface area contributed by atoms with Crippen molar-refractivity contribution in [1.82, 2.24) is 5.32 Å². The van der Waals surface area contributed by atoms with Gasteiger partial charge in [-0.2, -0.15) is 0 Å². The van der Waals surface area contributed by atoms with E-state index in [-0.39, 0.29) is 11.7 Å². The number of hydrogen-bond donors (Lipinski definition) is 2. The van der Waals surface area contributed by atoms with Crippen molar-refractivity contribution >= 4 is 33.5 Å². The van der Waals surface area contributed by atoms with E-state index in [1.54, 1.807) is 0 Å². The molecule has 4 fully saturated rings. The van der Waals surface area contributed by atoms with Crippen LogP contribution < -0.4 is 5.32 Å². The molecule has 4 saturated carbocycles. The molecule has 23 heavy (non-hydrogen) atoms. The molecule has 0 unspecified atom stereocenters. The summed E-state index contributed by atoms with van der Waals surface area (Å²) in [6.07, 6.45) is 11.1. The van der Waals surface area contributed by atoms with Gasteiger partial charge in [0.05, 0.1) is 5.75 Å². The molecule has 4 rings (SSSR count). The van der Waals surface area contributed by atoms with Gasteiger partial charge in [0.25, 0.3) is 0 Å². The standard InChI is InChI=1S/C17H27NO3S2/c19-15(10-22-23-11-16(20)21)18-3-1-2-17-7-12-4-13(8-17)6-14(5-12)9-17/h12-14H,1-11H2,(H,18,19)(H,20,21). The lowest BCUT2D eigenvalue weighted by Gasteiger charge is -2.57. The van der Waals surface area contributed by atoms with Gasteiger partial charge in [-0.05, 0) is 74.5 Å². The van der Waals surface area contributed by atoms with Crippen molar-refractivity contribution in [3.63, 3.8) is 0 Å². The lowest BCUT2D eigenvalue weighted by Crippen LogP contribution is -2.46. The second-order valence-electron chi connectivity index (χ2n) is 7.79. The van der Waals surface area contributed by atoms with Crippen LogP contribution in [0.4, 0.5) is 0 Å². The fraction of sp³-hybridized carbons (Fsp3) is 0.882. The summed E-state index contributed by atoms with van der Waals surface area (Å²) in [4.78, 5) is 22.1. The zero-order chi connectivity index (χ0) is 16.3. The number of amides is 1. The molecule has 0 heterocycles. The Morgan fingerprint density at radius 3 is 2.13 bits per heavy atom. The molecule has 0 aromatic heterocycles. The highest BCUT2D eigenvalue weighted by atomic mass is 33.1. The monoisotopic (exact) mass is 357 g/mol. The number of carboxylic acids is 1. The van der Waals surface area contributed by atoms with E-state index in [0.717, 1.165) is 30.7 Å². The number of nitrogens with one attached hydrogen (secondary N) is 1. The van der Waals surface area contributed by atoms with Crippen LogP contribution in [0.5, 0.6) is 0 Å². The van der Waals surface area contributed by atoms with Crippen molar-refractivity contribution in [2.45, 2.75) is 51.4 Å². The molecule has 0 atom stereocenters. The first-order valence-electron chi connectivity index (χ1n) is 8.77. The summed E-state index contributed by atoms with van der Waals surface area (Å²) in [5.41, 5.74) is 0.603. The Morgan fingerprint density at radius 2 is 1.57 bits per heavy atom. The minimum Gasteiger partial charge on any atom is -0.481 e. The van der Waals surface area contributed by atoms with E-state index in [4.69, 9.17) is 5.11 Å². The summed E-state index contributed by atoms with van der Waals surface area (Å²) in [6, 6.07) is 0. The molecule has 4 aliphatic carbocycles. The van der Waals surface area contributed by atoms with E-state index < -0.39 is 5.97 Å². The van der Waals surface area contributed by atoms with Gasteiger partial charge in [-0.25, -0.2) is 0 Å². The number of carbonyl (C=O) groups excluding carboxylic acids is 1. The maximum atomic E-state index is 11.7. The molecule has 1 amide bonds. The lowest BCUT2D eigenvalue weighted by atomic mass is 9.48. The van der Waals surface area contributed by atoms with Crippen LogP contribution >= 0.6 is 21.6 Å². The van der Waals surface area contributed by atoms with Gasteiger partial charge in [0.2, 0.25) is 5.91 Å². The minimum absolute atomic E-state index is 0.0263. The summed E-state index contributed by atoms with van der Waals surface area (Å²) >= 11 is 0. The molecule has 0 aromatic carbocycles. The van der Waals surface area contributed by atoms with Gasteiger partial charge >= 0.3 is 5.97 Å². The Labute approximate surface area is 146 Å². The SMILES string of the molecule is O=C(O)CSSCC(=O)NCCCC12CC3CC(CC(C3)C1)C2. The summed E-state index contributed by atoms with van der Waals surface area (Å²) in [6.45, 7) is 0.769. The van der Waals surface area contributed by atoms with E-state index in [1.807, 2.05) is 0 Å². The maximum absolute atomic E-state index is 11.7. The Hall–Kier alpha value is -0.360. The molecular weight excluding hydrogens is 330 g/mol. The predicted octanol–water partition coefficient (Wildman–Crippen LogP) is 3.57. The zero-order valence-electron chi connectivity index (χ0n) is 13.6. The topological polar surface area (TPSA) is 66.4 Å². The molecule has 4 nitrogen and oxygen atoms in total. The first-order valence-corrected chi connectivity index (χ1v) is 11.3. The van der Waals surface area contributed by atoms with Gasteiger partial charge in [0, 0.05) is 6.54 Å². The third kappa shape index (κ3) is 4.81. The smallest absolute Gasteiger partial charge is 0.314 e. The van der Waals surface area contributed by atoms with Crippen molar-refractivity contribution in [2.24, 2.45) is 23.2 Å². The van der Waals surface area contributed by atoms with Crippen molar-refractivity contribution in [3.8, 4) is 0 Å². The Kier molecular flexibility index (Phi) is 5.83. The van der Waals surface area contributed by atoms with Crippen LogP contribution in [0.3, 0.4) is 0 Å². The highest BCUT2D eigenvalue weighted by molar-refractivity contribution is 8.77. The molecule has 4 aliphatic rings. The number of hydrogen-bond acceptors (Lipinski definition) is 4. The predicted molar refractivity (Wildman–Crippen MR) is 95.4 cm³/mol. The maximum Gasteiger partial charge on any atom is 0.314 e. The van der Waals surface area contributed by atoms with Gasteiger partial charge in [-0.1, -0.05) is 21.6 Å². The fourth-order valence-electron chi connectivity index (χ4n) is 5.53. The van der Waals surface area contributed by atoms with Crippen molar-refractivity contribution in [1.29, 1.82) is 0 Å². The van der Waals surface area contributed by atoms with E-state index in [2.05, 4.69) is 5.32 Å². The molecule has 0 saturated heterocycles. The number of aliphatic carboxylic acids is 1. The van der Waals surface area contributed by atoms with Crippen LogP contribution in [-0.2, 0) is 9.59 Å². The molecule has 0 radical (unpaired) electrons. The molecular formula is C17H27NO3S2. The van der Waals surface area contributed by atoms with Crippen molar-refractivity contribution in [2.75, 3.05) is 18.1 Å². The summed E-state index contributed by atoms with van der Waals surface area (Å²) in [5.74, 6) is 2.58. The largest absolute Gasteiger partial charge is 0.481 e. The minimum atomic E-state index is -0.835. The summed E-state index contributed by atoms with van der Waals surface area (Å²) < 4.78 is 0. The highest BCUT2D eigenvalue weighted by Gasteiger charge is 2.50. The van der Waals surface area contributed by atoms with E-state index in [9.17, 15) is 9.59 Å². The third-order valence-electron chi connectivity index (χ3n) is 5.83. The van der Waals surface area contributed by atoms with Crippen LogP contribution in [0.1, 0.15) is 51.4 Å². The molecule has 130 valence electrons. The molecule has 0 spiro atoms. The van der Waals surface area contributed by atoms with Gasteiger partial charge in [0.1, 0.15) is 5.75 Å². The number of carboxylic acid groups (broad SMARTS) is 1. The molecule has 4 bridgehead atoms. The molecule has 0 aromatic rings. The van der Waals surface area contributed by atoms with Crippen LogP contribution in [0, 0.1) is 23.2 Å². The zero-order valence-corrected chi connectivity index (χ0v) is 15.2. The van der Waals surface area contributed by atoms with Crippen LogP contribution in [0.15, 0.2) is 0 Å². The molecule has 0 aliphatic heterocycles. The van der Waals surface area contributed by atoms with Crippen LogP contribution in [0.25, 0.3) is 0 Å². The van der Waals surface area contributed by atoms with Gasteiger partial charge in [0.15, 0.2) is 0 Å². The Morgan fingerprint density at radius 1 is 1.00 bits per heavy atom. The Balaban J connectivity index is 1.30. The molecule has 6 heteroatoms. The summed E-state index contributed by atoms with van der Waals surface area (Å²) in [7, 11) is 2.54. The second kappa shape index (κ2) is 7.68. The van der Waals surface area contributed by atoms with Gasteiger partial charge in [-0.3, -0.25) is 9.59 Å². The first kappa shape index (κ1) is 17.5. The average molecular weight is 358 g/mol. The van der Waals surface area contributed by atoms with Crippen LogP contribution in [-0.4, -0.2) is 35.0 Å². The quantitative estimate of drug-likeness (QED) is 0.488. The van der Waals surface area contributed by atoms with Crippen molar-refractivity contribution in [3.05, 3.63) is 0 Å². The average Bonchev–Trinajstić information content (AvgIpc) is 2.46. The van der Waals surface area contributed by atoms with E-state index in [0.29, 0.717) is 11.2 Å². The lowest BCUT2D eigenvalue weighted by molar-refractivity contribution is -0.133. The van der Waals surface area contributed by atoms with E-state index >= 15 is 0 Å². The number of rotatable bonds is 9. The van der Waals surface area contributed by atoms with Gasteiger partial charge < -0.3 is 10.4 Å². The van der Waals surface area contributed by atoms with Crippen LogP contribution in [0.2, 0.25) is 0 Å². The normalized spacial score (nSPS) is 34.5. The first-order chi connectivity index (χ1) is 11.0.